The van der Waals surface area contributed by atoms with Crippen molar-refractivity contribution in [2.45, 2.75) is 25.1 Å². The van der Waals surface area contributed by atoms with Gasteiger partial charge in [0.2, 0.25) is 0 Å². The molecular weight excluding hydrogens is 256 g/mol. The van der Waals surface area contributed by atoms with E-state index in [1.54, 1.807) is 0 Å². The molecule has 1 aliphatic carbocycles. The van der Waals surface area contributed by atoms with Gasteiger partial charge < -0.3 is 14.5 Å². The number of halogens is 2. The lowest BCUT2D eigenvalue weighted by Gasteiger charge is -2.04. The molecule has 4 rings (SSSR count). The Morgan fingerprint density at radius 1 is 1.16 bits per heavy atom. The third-order valence-corrected chi connectivity index (χ3v) is 3.39. The van der Waals surface area contributed by atoms with Gasteiger partial charge >= 0.3 is 6.29 Å². The van der Waals surface area contributed by atoms with Gasteiger partial charge in [0.15, 0.2) is 16.9 Å². The number of ether oxygens (including phenoxy) is 2. The van der Waals surface area contributed by atoms with Crippen molar-refractivity contribution in [3.05, 3.63) is 34.1 Å². The lowest BCUT2D eigenvalue weighted by atomic mass is 10.1. The summed E-state index contributed by atoms with van der Waals surface area (Å²) in [6.45, 7) is 0. The van der Waals surface area contributed by atoms with Crippen LogP contribution in [0.2, 0.25) is 0 Å². The smallest absolute Gasteiger partial charge is 0.395 e. The third kappa shape index (κ3) is 1.67. The zero-order valence-electron chi connectivity index (χ0n) is 9.70. The minimum Gasteiger partial charge on any atom is -0.395 e. The largest absolute Gasteiger partial charge is 0.586 e. The summed E-state index contributed by atoms with van der Waals surface area (Å²) in [7, 11) is 0. The molecule has 2 aromatic rings. The first kappa shape index (κ1) is 10.8. The first-order valence-electron chi connectivity index (χ1n) is 5.99. The second kappa shape index (κ2) is 3.26. The predicted molar refractivity (Wildman–Crippen MR) is 62.7 cm³/mol. The number of hydrogen-bond acceptors (Lipinski definition) is 3. The summed E-state index contributed by atoms with van der Waals surface area (Å²) in [5, 5.41) is 0.324. The number of pyridine rings is 1. The van der Waals surface area contributed by atoms with Crippen LogP contribution in [0.5, 0.6) is 11.5 Å². The highest BCUT2D eigenvalue weighted by molar-refractivity contribution is 5.83. The molecule has 1 aromatic carbocycles. The van der Waals surface area contributed by atoms with Crippen LogP contribution in [0, 0.1) is 0 Å². The highest BCUT2D eigenvalue weighted by Gasteiger charge is 2.43. The Balaban J connectivity index is 1.94. The summed E-state index contributed by atoms with van der Waals surface area (Å²) in [5.74, 6) is 0.215. The van der Waals surface area contributed by atoms with Gasteiger partial charge in [-0.2, -0.15) is 0 Å². The second-order valence-corrected chi connectivity index (χ2v) is 4.88. The maximum absolute atomic E-state index is 13.0. The van der Waals surface area contributed by atoms with Crippen molar-refractivity contribution < 1.29 is 18.3 Å². The average molecular weight is 265 g/mol. The maximum atomic E-state index is 13.0. The average Bonchev–Trinajstić information content (AvgIpc) is 3.09. The molecule has 2 aliphatic rings. The van der Waals surface area contributed by atoms with Crippen molar-refractivity contribution in [3.63, 3.8) is 0 Å². The van der Waals surface area contributed by atoms with E-state index in [9.17, 15) is 13.6 Å². The fourth-order valence-electron chi connectivity index (χ4n) is 2.33. The summed E-state index contributed by atoms with van der Waals surface area (Å²) < 4.78 is 34.7. The van der Waals surface area contributed by atoms with Gasteiger partial charge in [-0.25, -0.2) is 0 Å². The molecule has 1 aliphatic heterocycles. The van der Waals surface area contributed by atoms with E-state index in [1.807, 2.05) is 0 Å². The minimum absolute atomic E-state index is 0.0545. The summed E-state index contributed by atoms with van der Waals surface area (Å²) in [6, 6.07) is 4.21. The van der Waals surface area contributed by atoms with Crippen LogP contribution in [0.3, 0.4) is 0 Å². The monoisotopic (exact) mass is 265 g/mol. The molecule has 0 unspecified atom stereocenters. The van der Waals surface area contributed by atoms with Crippen molar-refractivity contribution in [3.8, 4) is 11.5 Å². The Bertz CT molecular complexity index is 749. The standard InChI is InChI=1S/C13H9F2NO3/c14-13(15)18-11-3-7-9(5-12(11)19-13)16-8(4-10(7)17)6-1-2-6/h3-6H,1-2H2,(H,16,17). The molecule has 0 bridgehead atoms. The molecule has 0 atom stereocenters. The van der Waals surface area contributed by atoms with Gasteiger partial charge in [0.25, 0.3) is 0 Å². The van der Waals surface area contributed by atoms with E-state index in [4.69, 9.17) is 0 Å². The molecule has 0 amide bonds. The molecule has 6 heteroatoms. The van der Waals surface area contributed by atoms with Gasteiger partial charge in [-0.3, -0.25) is 4.79 Å². The molecule has 0 saturated heterocycles. The van der Waals surface area contributed by atoms with Crippen LogP contribution in [0.4, 0.5) is 8.78 Å². The number of aromatic nitrogens is 1. The molecule has 2 heterocycles. The lowest BCUT2D eigenvalue weighted by Crippen LogP contribution is -2.25. The number of hydrogen-bond donors (Lipinski definition) is 1. The Morgan fingerprint density at radius 3 is 2.53 bits per heavy atom. The SMILES string of the molecule is O=c1cc(C2CC2)[nH]c2cc3c(cc12)OC(F)(F)O3. The molecular formula is C13H9F2NO3. The molecule has 1 N–H and O–H groups in total. The van der Waals surface area contributed by atoms with E-state index in [1.165, 1.54) is 18.2 Å². The van der Waals surface area contributed by atoms with Crippen LogP contribution in [-0.2, 0) is 0 Å². The second-order valence-electron chi connectivity index (χ2n) is 4.88. The first-order valence-corrected chi connectivity index (χ1v) is 5.99. The van der Waals surface area contributed by atoms with Crippen LogP contribution in [-0.4, -0.2) is 11.3 Å². The number of alkyl halides is 2. The molecule has 1 aromatic heterocycles. The molecule has 1 saturated carbocycles. The van der Waals surface area contributed by atoms with E-state index < -0.39 is 6.29 Å². The van der Waals surface area contributed by atoms with Gasteiger partial charge in [-0.15, -0.1) is 8.78 Å². The Morgan fingerprint density at radius 2 is 1.84 bits per heavy atom. The van der Waals surface area contributed by atoms with Crippen LogP contribution < -0.4 is 14.9 Å². The summed E-state index contributed by atoms with van der Waals surface area (Å²) >= 11 is 0. The van der Waals surface area contributed by atoms with Gasteiger partial charge in [0, 0.05) is 23.2 Å². The van der Waals surface area contributed by atoms with Crippen LogP contribution in [0.1, 0.15) is 24.5 Å². The summed E-state index contributed by atoms with van der Waals surface area (Å²) in [6.07, 6.45) is -1.57. The summed E-state index contributed by atoms with van der Waals surface area (Å²) in [4.78, 5) is 15.1. The number of rotatable bonds is 1. The highest BCUT2D eigenvalue weighted by Crippen LogP contribution is 2.43. The quantitative estimate of drug-likeness (QED) is 0.862. The van der Waals surface area contributed by atoms with Gasteiger partial charge in [0.05, 0.1) is 5.52 Å². The van der Waals surface area contributed by atoms with Crippen molar-refractivity contribution in [2.24, 2.45) is 0 Å². The topological polar surface area (TPSA) is 51.3 Å². The molecule has 1 fully saturated rings. The normalized spacial score (nSPS) is 19.9. The molecule has 19 heavy (non-hydrogen) atoms. The fourth-order valence-corrected chi connectivity index (χ4v) is 2.33. The summed E-state index contributed by atoms with van der Waals surface area (Å²) in [5.41, 5.74) is 1.15. The number of fused-ring (bicyclic) bond motifs is 2. The van der Waals surface area contributed by atoms with E-state index in [2.05, 4.69) is 14.5 Å². The Kier molecular flexibility index (Phi) is 1.85. The van der Waals surface area contributed by atoms with Crippen molar-refractivity contribution >= 4 is 10.9 Å². The van der Waals surface area contributed by atoms with Gasteiger partial charge in [-0.05, 0) is 24.8 Å². The zero-order chi connectivity index (χ0) is 13.2. The molecule has 98 valence electrons. The highest BCUT2D eigenvalue weighted by atomic mass is 19.3. The van der Waals surface area contributed by atoms with Crippen LogP contribution in [0.15, 0.2) is 23.0 Å². The minimum atomic E-state index is -3.66. The lowest BCUT2D eigenvalue weighted by molar-refractivity contribution is -0.286. The molecule has 0 spiro atoms. The van der Waals surface area contributed by atoms with Gasteiger partial charge in [0.1, 0.15) is 0 Å². The number of benzene rings is 1. The fraction of sp³-hybridized carbons (Fsp3) is 0.308. The van der Waals surface area contributed by atoms with Crippen LogP contribution in [0.25, 0.3) is 10.9 Å². The predicted octanol–water partition coefficient (Wildman–Crippen LogP) is 2.73. The van der Waals surface area contributed by atoms with E-state index >= 15 is 0 Å². The van der Waals surface area contributed by atoms with Crippen LogP contribution >= 0.6 is 0 Å². The van der Waals surface area contributed by atoms with E-state index in [-0.39, 0.29) is 16.9 Å². The van der Waals surface area contributed by atoms with Crippen molar-refractivity contribution in [1.29, 1.82) is 0 Å². The molecule has 4 nitrogen and oxygen atoms in total. The third-order valence-electron chi connectivity index (χ3n) is 3.39. The van der Waals surface area contributed by atoms with E-state index in [0.29, 0.717) is 16.8 Å². The van der Waals surface area contributed by atoms with E-state index in [0.717, 1.165) is 18.5 Å². The van der Waals surface area contributed by atoms with Gasteiger partial charge in [-0.1, -0.05) is 0 Å². The van der Waals surface area contributed by atoms with Crippen molar-refractivity contribution in [1.82, 2.24) is 4.98 Å². The Labute approximate surface area is 106 Å². The van der Waals surface area contributed by atoms with Crippen molar-refractivity contribution in [2.75, 3.05) is 0 Å². The number of nitrogens with one attached hydrogen (secondary N) is 1. The first-order chi connectivity index (χ1) is 9.02. The Hall–Kier alpha value is -2.11. The zero-order valence-corrected chi connectivity index (χ0v) is 9.70. The number of aromatic amines is 1. The maximum Gasteiger partial charge on any atom is 0.586 e. The molecule has 0 radical (unpaired) electrons. The number of H-pyrrole nitrogens is 1.